The Kier molecular flexibility index (Phi) is 3.78. The lowest BCUT2D eigenvalue weighted by Crippen LogP contribution is -2.50. The van der Waals surface area contributed by atoms with Crippen molar-refractivity contribution in [1.82, 2.24) is 10.2 Å². The van der Waals surface area contributed by atoms with Crippen LogP contribution in [0.5, 0.6) is 0 Å². The molecule has 2 heterocycles. The molecule has 2 unspecified atom stereocenters. The second-order valence-electron chi connectivity index (χ2n) is 7.08. The predicted molar refractivity (Wildman–Crippen MR) is 85.3 cm³/mol. The Morgan fingerprint density at radius 2 is 1.81 bits per heavy atom. The summed E-state index contributed by atoms with van der Waals surface area (Å²) in [7, 11) is 0. The first-order valence-corrected chi connectivity index (χ1v) is 8.11. The van der Waals surface area contributed by atoms with E-state index in [4.69, 9.17) is 0 Å². The summed E-state index contributed by atoms with van der Waals surface area (Å²) in [6.07, 6.45) is 3.40. The smallest absolute Gasteiger partial charge is 0.233 e. The second-order valence-corrected chi connectivity index (χ2v) is 7.08. The summed E-state index contributed by atoms with van der Waals surface area (Å²) in [6.45, 7) is 8.21. The van der Waals surface area contributed by atoms with Crippen LogP contribution in [0.4, 0.5) is 0 Å². The number of rotatable bonds is 2. The van der Waals surface area contributed by atoms with Gasteiger partial charge >= 0.3 is 0 Å². The van der Waals surface area contributed by atoms with Crippen molar-refractivity contribution in [2.24, 2.45) is 0 Å². The van der Waals surface area contributed by atoms with Crippen LogP contribution >= 0.6 is 0 Å². The number of hydrogen-bond donors (Lipinski definition) is 1. The fourth-order valence-corrected chi connectivity index (χ4v) is 3.73. The van der Waals surface area contributed by atoms with Crippen molar-refractivity contribution in [2.75, 3.05) is 13.1 Å². The van der Waals surface area contributed by atoms with Crippen LogP contribution in [-0.4, -0.2) is 36.0 Å². The van der Waals surface area contributed by atoms with Gasteiger partial charge in [-0.1, -0.05) is 29.8 Å². The molecular formula is C18H26N2O. The zero-order valence-corrected chi connectivity index (χ0v) is 13.4. The average Bonchev–Trinajstić information content (AvgIpc) is 2.71. The van der Waals surface area contributed by atoms with Gasteiger partial charge in [0.2, 0.25) is 5.91 Å². The van der Waals surface area contributed by atoms with Crippen molar-refractivity contribution in [3.8, 4) is 0 Å². The van der Waals surface area contributed by atoms with Crippen molar-refractivity contribution in [3.05, 3.63) is 35.4 Å². The molecule has 2 aliphatic heterocycles. The monoisotopic (exact) mass is 286 g/mol. The minimum absolute atomic E-state index is 0.294. The van der Waals surface area contributed by atoms with E-state index in [1.807, 2.05) is 0 Å². The Hall–Kier alpha value is -1.35. The number of carbonyl (C=O) groups excluding carboxylic acids is 1. The maximum atomic E-state index is 13.2. The predicted octanol–water partition coefficient (Wildman–Crippen LogP) is 2.63. The molecule has 2 atom stereocenters. The maximum Gasteiger partial charge on any atom is 0.233 e. The third kappa shape index (κ3) is 2.59. The van der Waals surface area contributed by atoms with E-state index in [0.717, 1.165) is 31.5 Å². The van der Waals surface area contributed by atoms with Gasteiger partial charge in [-0.15, -0.1) is 0 Å². The fourth-order valence-electron chi connectivity index (χ4n) is 3.73. The molecular weight excluding hydrogens is 260 g/mol. The number of nitrogens with one attached hydrogen (secondary N) is 1. The minimum Gasteiger partial charge on any atom is -0.335 e. The van der Waals surface area contributed by atoms with Crippen LogP contribution in [0.1, 0.15) is 44.2 Å². The largest absolute Gasteiger partial charge is 0.335 e. The molecule has 1 aromatic carbocycles. The highest BCUT2D eigenvalue weighted by molar-refractivity contribution is 5.88. The lowest BCUT2D eigenvalue weighted by atomic mass is 9.82. The van der Waals surface area contributed by atoms with E-state index in [-0.39, 0.29) is 0 Å². The summed E-state index contributed by atoms with van der Waals surface area (Å²) in [5.41, 5.74) is 1.91. The number of hydrogen-bond acceptors (Lipinski definition) is 2. The van der Waals surface area contributed by atoms with Crippen LogP contribution in [-0.2, 0) is 10.2 Å². The molecule has 3 rings (SSSR count). The molecule has 1 aromatic rings. The normalized spacial score (nSPS) is 25.8. The van der Waals surface area contributed by atoms with Crippen molar-refractivity contribution in [2.45, 2.75) is 57.5 Å². The molecule has 0 aliphatic carbocycles. The molecule has 3 nitrogen and oxygen atoms in total. The molecule has 0 aromatic heterocycles. The van der Waals surface area contributed by atoms with Crippen molar-refractivity contribution >= 4 is 5.91 Å². The topological polar surface area (TPSA) is 32.3 Å². The summed E-state index contributed by atoms with van der Waals surface area (Å²) in [5, 5.41) is 3.47. The van der Waals surface area contributed by atoms with E-state index in [2.05, 4.69) is 55.3 Å². The fraction of sp³-hybridized carbons (Fsp3) is 0.611. The number of amides is 1. The quantitative estimate of drug-likeness (QED) is 0.906. The van der Waals surface area contributed by atoms with Crippen LogP contribution in [0.15, 0.2) is 24.3 Å². The highest BCUT2D eigenvalue weighted by Crippen LogP contribution is 2.34. The van der Waals surface area contributed by atoms with Gasteiger partial charge in [-0.3, -0.25) is 4.79 Å². The molecule has 2 saturated heterocycles. The van der Waals surface area contributed by atoms with Gasteiger partial charge in [-0.05, 0) is 52.1 Å². The average molecular weight is 286 g/mol. The van der Waals surface area contributed by atoms with Crippen LogP contribution in [0.2, 0.25) is 0 Å². The van der Waals surface area contributed by atoms with Gasteiger partial charge in [-0.2, -0.15) is 0 Å². The summed E-state index contributed by atoms with van der Waals surface area (Å²) in [4.78, 5) is 15.4. The van der Waals surface area contributed by atoms with E-state index in [0.29, 0.717) is 18.0 Å². The van der Waals surface area contributed by atoms with Crippen LogP contribution in [0, 0.1) is 6.92 Å². The van der Waals surface area contributed by atoms with Gasteiger partial charge < -0.3 is 10.2 Å². The van der Waals surface area contributed by atoms with Gasteiger partial charge in [0.05, 0.1) is 5.41 Å². The Morgan fingerprint density at radius 3 is 2.52 bits per heavy atom. The van der Waals surface area contributed by atoms with Crippen molar-refractivity contribution in [1.29, 1.82) is 0 Å². The number of nitrogens with zero attached hydrogens (tertiary/aromatic N) is 1. The Balaban J connectivity index is 1.87. The first kappa shape index (κ1) is 14.6. The zero-order valence-electron chi connectivity index (χ0n) is 13.4. The summed E-state index contributed by atoms with van der Waals surface area (Å²) in [6, 6.07) is 9.22. The highest BCUT2D eigenvalue weighted by Gasteiger charge is 2.43. The Labute approximate surface area is 127 Å². The lowest BCUT2D eigenvalue weighted by molar-refractivity contribution is -0.139. The first-order valence-electron chi connectivity index (χ1n) is 8.11. The van der Waals surface area contributed by atoms with E-state index < -0.39 is 5.41 Å². The first-order chi connectivity index (χ1) is 10.00. The van der Waals surface area contributed by atoms with Gasteiger partial charge in [0, 0.05) is 18.6 Å². The number of fused-ring (bicyclic) bond motifs is 2. The van der Waals surface area contributed by atoms with Gasteiger partial charge in [0.1, 0.15) is 0 Å². The number of benzene rings is 1. The molecule has 21 heavy (non-hydrogen) atoms. The van der Waals surface area contributed by atoms with Gasteiger partial charge in [0.25, 0.3) is 0 Å². The van der Waals surface area contributed by atoms with Gasteiger partial charge in [0.15, 0.2) is 0 Å². The maximum absolute atomic E-state index is 13.2. The number of aryl methyl sites for hydroxylation is 1. The molecule has 1 N–H and O–H groups in total. The third-order valence-corrected chi connectivity index (χ3v) is 5.20. The van der Waals surface area contributed by atoms with E-state index in [9.17, 15) is 4.79 Å². The molecule has 0 spiro atoms. The minimum atomic E-state index is -0.446. The standard InChI is InChI=1S/C18H26N2O/c1-13-4-6-14(7-5-13)18(2,3)17(21)20-15-8-9-16(20)12-19-11-10-15/h4-7,15-16,19H,8-12H2,1-3H3. The van der Waals surface area contributed by atoms with Crippen LogP contribution in [0.3, 0.4) is 0 Å². The highest BCUT2D eigenvalue weighted by atomic mass is 16.2. The van der Waals surface area contributed by atoms with Gasteiger partial charge in [-0.25, -0.2) is 0 Å². The molecule has 114 valence electrons. The van der Waals surface area contributed by atoms with E-state index in [1.165, 1.54) is 12.0 Å². The molecule has 0 radical (unpaired) electrons. The zero-order chi connectivity index (χ0) is 15.0. The second kappa shape index (κ2) is 5.45. The summed E-state index contributed by atoms with van der Waals surface area (Å²) >= 11 is 0. The Morgan fingerprint density at radius 1 is 1.14 bits per heavy atom. The Bertz CT molecular complexity index is 507. The summed E-state index contributed by atoms with van der Waals surface area (Å²) in [5.74, 6) is 0.294. The third-order valence-electron chi connectivity index (χ3n) is 5.20. The van der Waals surface area contributed by atoms with Crippen molar-refractivity contribution in [3.63, 3.8) is 0 Å². The van der Waals surface area contributed by atoms with Crippen LogP contribution in [0.25, 0.3) is 0 Å². The van der Waals surface area contributed by atoms with Crippen molar-refractivity contribution < 1.29 is 4.79 Å². The molecule has 2 aliphatic rings. The van der Waals surface area contributed by atoms with Crippen LogP contribution < -0.4 is 5.32 Å². The lowest BCUT2D eigenvalue weighted by Gasteiger charge is -2.36. The molecule has 1 amide bonds. The molecule has 2 fully saturated rings. The number of carbonyl (C=O) groups is 1. The molecule has 3 heteroatoms. The molecule has 0 saturated carbocycles. The molecule has 2 bridgehead atoms. The van der Waals surface area contributed by atoms with E-state index in [1.54, 1.807) is 0 Å². The SMILES string of the molecule is Cc1ccc(C(C)(C)C(=O)N2C3CCNCC2CC3)cc1. The summed E-state index contributed by atoms with van der Waals surface area (Å²) < 4.78 is 0. The van der Waals surface area contributed by atoms with E-state index >= 15 is 0 Å².